The predicted molar refractivity (Wildman–Crippen MR) is 121 cm³/mol. The summed E-state index contributed by atoms with van der Waals surface area (Å²) in [6.07, 6.45) is 4.90. The Morgan fingerprint density at radius 2 is 1.52 bits per heavy atom. The number of amides is 3. The lowest BCUT2D eigenvalue weighted by Crippen LogP contribution is -2.53. The van der Waals surface area contributed by atoms with E-state index >= 15 is 0 Å². The van der Waals surface area contributed by atoms with Gasteiger partial charge in [-0.25, -0.2) is 9.97 Å². The van der Waals surface area contributed by atoms with E-state index < -0.39 is 11.8 Å². The highest BCUT2D eigenvalue weighted by Gasteiger charge is 2.33. The van der Waals surface area contributed by atoms with Crippen molar-refractivity contribution >= 4 is 35.0 Å². The summed E-state index contributed by atoms with van der Waals surface area (Å²) in [4.78, 5) is 52.3. The summed E-state index contributed by atoms with van der Waals surface area (Å²) in [5.41, 5.74) is 2.79. The van der Waals surface area contributed by atoms with Crippen molar-refractivity contribution in [1.29, 1.82) is 0 Å². The number of nitrogens with zero attached hydrogens (tertiary/aromatic N) is 5. The summed E-state index contributed by atoms with van der Waals surface area (Å²) in [6.45, 7) is 2.68. The van der Waals surface area contributed by atoms with Crippen LogP contribution in [0.1, 0.15) is 18.2 Å². The Kier molecular flexibility index (Phi) is 6.53. The van der Waals surface area contributed by atoms with Crippen molar-refractivity contribution in [2.24, 2.45) is 0 Å². The molecule has 0 radical (unpaired) electrons. The molecule has 33 heavy (non-hydrogen) atoms. The minimum Gasteiger partial charge on any atom is -0.328 e. The molecule has 1 aliphatic rings. The topological polar surface area (TPSA) is 120 Å². The van der Waals surface area contributed by atoms with Gasteiger partial charge in [-0.1, -0.05) is 12.1 Å². The average Bonchev–Trinajstić information content (AvgIpc) is 2.81. The van der Waals surface area contributed by atoms with E-state index in [1.54, 1.807) is 36.8 Å². The second kappa shape index (κ2) is 9.86. The average molecular weight is 445 g/mol. The Hall–Kier alpha value is -4.34. The highest BCUT2D eigenvalue weighted by atomic mass is 16.2. The molecule has 4 rings (SSSR count). The van der Waals surface area contributed by atoms with Crippen LogP contribution >= 0.6 is 0 Å². The summed E-state index contributed by atoms with van der Waals surface area (Å²) in [6, 6.07) is 12.7. The molecule has 1 saturated heterocycles. The highest BCUT2D eigenvalue weighted by molar-refractivity contribution is 6.35. The molecule has 2 N–H and O–H groups in total. The molecule has 10 heteroatoms. The number of rotatable bonds is 7. The second-order valence-electron chi connectivity index (χ2n) is 7.53. The van der Waals surface area contributed by atoms with E-state index in [4.69, 9.17) is 0 Å². The lowest BCUT2D eigenvalue weighted by Gasteiger charge is -2.34. The third-order valence-corrected chi connectivity index (χ3v) is 5.09. The van der Waals surface area contributed by atoms with E-state index in [2.05, 4.69) is 25.6 Å². The molecule has 3 heterocycles. The van der Waals surface area contributed by atoms with E-state index in [-0.39, 0.29) is 12.5 Å². The van der Waals surface area contributed by atoms with E-state index in [1.807, 2.05) is 24.3 Å². The standard InChI is InChI=1S/C23H23N7O3/c1-16(31)27-19-4-2-9-24-20(19)15-30-13-12-29(21(32)22(30)33)14-17-5-7-18(8-6-17)28-23-25-10-3-11-26-23/h2-11H,12-15H2,1H3,(H,27,31)(H,25,26,28). The Labute approximate surface area is 190 Å². The SMILES string of the molecule is CC(=O)Nc1cccnc1CN1CCN(Cc2ccc(Nc3ncccn3)cc2)C(=O)C1=O. The number of carbonyl (C=O) groups is 3. The first-order chi connectivity index (χ1) is 16.0. The van der Waals surface area contributed by atoms with Crippen LogP contribution in [0.3, 0.4) is 0 Å². The number of aromatic nitrogens is 3. The minimum atomic E-state index is -0.583. The van der Waals surface area contributed by atoms with Crippen LogP contribution in [0.2, 0.25) is 0 Å². The number of hydrogen-bond donors (Lipinski definition) is 2. The number of pyridine rings is 1. The number of nitrogens with one attached hydrogen (secondary N) is 2. The Morgan fingerprint density at radius 3 is 2.18 bits per heavy atom. The van der Waals surface area contributed by atoms with Crippen LogP contribution < -0.4 is 10.6 Å². The van der Waals surface area contributed by atoms with Gasteiger partial charge in [0.05, 0.1) is 17.9 Å². The van der Waals surface area contributed by atoms with Crippen LogP contribution in [-0.4, -0.2) is 55.6 Å². The number of hydrogen-bond acceptors (Lipinski definition) is 7. The number of benzene rings is 1. The van der Waals surface area contributed by atoms with Crippen molar-refractivity contribution in [2.45, 2.75) is 20.0 Å². The maximum absolute atomic E-state index is 12.7. The molecule has 0 atom stereocenters. The molecule has 0 aliphatic carbocycles. The van der Waals surface area contributed by atoms with Crippen molar-refractivity contribution in [3.05, 3.63) is 72.3 Å². The summed E-state index contributed by atoms with van der Waals surface area (Å²) in [5, 5.41) is 5.80. The van der Waals surface area contributed by atoms with Gasteiger partial charge in [0.1, 0.15) is 0 Å². The van der Waals surface area contributed by atoms with Crippen LogP contribution in [0.5, 0.6) is 0 Å². The highest BCUT2D eigenvalue weighted by Crippen LogP contribution is 2.19. The molecule has 1 aromatic carbocycles. The molecular weight excluding hydrogens is 422 g/mol. The van der Waals surface area contributed by atoms with Gasteiger partial charge in [-0.15, -0.1) is 0 Å². The summed E-state index contributed by atoms with van der Waals surface area (Å²) < 4.78 is 0. The maximum Gasteiger partial charge on any atom is 0.312 e. The van der Waals surface area contributed by atoms with Gasteiger partial charge in [-0.3, -0.25) is 19.4 Å². The molecule has 168 valence electrons. The van der Waals surface area contributed by atoms with Crippen LogP contribution in [0.15, 0.2) is 61.1 Å². The first-order valence-electron chi connectivity index (χ1n) is 10.4. The van der Waals surface area contributed by atoms with Gasteiger partial charge in [0, 0.05) is 50.8 Å². The van der Waals surface area contributed by atoms with Gasteiger partial charge in [0.15, 0.2) is 0 Å². The van der Waals surface area contributed by atoms with E-state index in [0.29, 0.717) is 37.0 Å². The largest absolute Gasteiger partial charge is 0.328 e. The third kappa shape index (κ3) is 5.48. The van der Waals surface area contributed by atoms with E-state index in [0.717, 1.165) is 11.3 Å². The van der Waals surface area contributed by atoms with Crippen LogP contribution in [0.4, 0.5) is 17.3 Å². The van der Waals surface area contributed by atoms with Gasteiger partial charge in [0.2, 0.25) is 11.9 Å². The quantitative estimate of drug-likeness (QED) is 0.533. The van der Waals surface area contributed by atoms with Crippen molar-refractivity contribution in [1.82, 2.24) is 24.8 Å². The fourth-order valence-corrected chi connectivity index (χ4v) is 3.47. The summed E-state index contributed by atoms with van der Waals surface area (Å²) in [5.74, 6) is -0.871. The number of carbonyl (C=O) groups excluding carboxylic acids is 3. The first kappa shape index (κ1) is 21.9. The van der Waals surface area contributed by atoms with Gasteiger partial charge in [-0.2, -0.15) is 0 Å². The molecule has 0 saturated carbocycles. The molecule has 2 aromatic heterocycles. The maximum atomic E-state index is 12.7. The van der Waals surface area contributed by atoms with Gasteiger partial charge >= 0.3 is 11.8 Å². The molecule has 0 unspecified atom stereocenters. The Balaban J connectivity index is 1.36. The van der Waals surface area contributed by atoms with Gasteiger partial charge in [-0.05, 0) is 35.9 Å². The zero-order valence-electron chi connectivity index (χ0n) is 18.1. The van der Waals surface area contributed by atoms with E-state index in [1.165, 1.54) is 16.7 Å². The molecule has 1 aliphatic heterocycles. The molecule has 0 spiro atoms. The lowest BCUT2D eigenvalue weighted by atomic mass is 10.1. The summed E-state index contributed by atoms with van der Waals surface area (Å²) in [7, 11) is 0. The molecule has 1 fully saturated rings. The van der Waals surface area contributed by atoms with Crippen LogP contribution in [0, 0.1) is 0 Å². The second-order valence-corrected chi connectivity index (χ2v) is 7.53. The Morgan fingerprint density at radius 1 is 0.879 bits per heavy atom. The minimum absolute atomic E-state index is 0.150. The third-order valence-electron chi connectivity index (χ3n) is 5.09. The van der Waals surface area contributed by atoms with Crippen LogP contribution in [-0.2, 0) is 27.5 Å². The van der Waals surface area contributed by atoms with Crippen molar-refractivity contribution in [2.75, 3.05) is 23.7 Å². The number of anilines is 3. The molecular formula is C23H23N7O3. The molecule has 10 nitrogen and oxygen atoms in total. The van der Waals surface area contributed by atoms with Gasteiger partial charge < -0.3 is 20.4 Å². The molecule has 3 aromatic rings. The smallest absolute Gasteiger partial charge is 0.312 e. The normalized spacial score (nSPS) is 13.7. The van der Waals surface area contributed by atoms with E-state index in [9.17, 15) is 14.4 Å². The first-order valence-corrected chi connectivity index (χ1v) is 10.4. The Bertz CT molecular complexity index is 1150. The predicted octanol–water partition coefficient (Wildman–Crippen LogP) is 1.94. The molecule has 0 bridgehead atoms. The van der Waals surface area contributed by atoms with Crippen molar-refractivity contribution < 1.29 is 14.4 Å². The number of piperazine rings is 1. The zero-order valence-corrected chi connectivity index (χ0v) is 18.1. The summed E-state index contributed by atoms with van der Waals surface area (Å²) >= 11 is 0. The zero-order chi connectivity index (χ0) is 23.2. The lowest BCUT2D eigenvalue weighted by molar-refractivity contribution is -0.156. The van der Waals surface area contributed by atoms with Crippen molar-refractivity contribution in [3.63, 3.8) is 0 Å². The van der Waals surface area contributed by atoms with Crippen molar-refractivity contribution in [3.8, 4) is 0 Å². The fraction of sp³-hybridized carbons (Fsp3) is 0.217. The fourth-order valence-electron chi connectivity index (χ4n) is 3.47. The van der Waals surface area contributed by atoms with Gasteiger partial charge in [0.25, 0.3) is 0 Å². The molecule has 3 amide bonds. The van der Waals surface area contributed by atoms with Crippen LogP contribution in [0.25, 0.3) is 0 Å². The monoisotopic (exact) mass is 445 g/mol.